The quantitative estimate of drug-likeness (QED) is 0.438. The summed E-state index contributed by atoms with van der Waals surface area (Å²) < 4.78 is 39.0. The summed E-state index contributed by atoms with van der Waals surface area (Å²) in [5.74, 6) is 0. The fraction of sp³-hybridized carbons (Fsp3) is 0.0667. The lowest BCUT2D eigenvalue weighted by molar-refractivity contribution is -0.379. The molecule has 0 aliphatic carbocycles. The average Bonchev–Trinajstić information content (AvgIpc) is 2.85. The molecule has 0 amide bonds. The Hall–Kier alpha value is -2.32. The standard InChI is InChI=1S/C15H8ClF3N2O2S/c16-9-4-5-12-11(7-9)13(14(24-12)21(22)23)20-10-3-1-2-8(6-10)15(17,18)19/h1-7,20H. The first-order valence-electron chi connectivity index (χ1n) is 6.56. The second-order valence-electron chi connectivity index (χ2n) is 4.88. The normalized spacial score (nSPS) is 11.7. The van der Waals surface area contributed by atoms with E-state index < -0.39 is 16.7 Å². The summed E-state index contributed by atoms with van der Waals surface area (Å²) in [6.45, 7) is 0. The Morgan fingerprint density at radius 1 is 1.17 bits per heavy atom. The number of fused-ring (bicyclic) bond motifs is 1. The largest absolute Gasteiger partial charge is 0.416 e. The van der Waals surface area contributed by atoms with Crippen LogP contribution in [0, 0.1) is 10.1 Å². The number of hydrogen-bond acceptors (Lipinski definition) is 4. The van der Waals surface area contributed by atoms with Crippen molar-refractivity contribution in [2.24, 2.45) is 0 Å². The minimum absolute atomic E-state index is 0.104. The molecule has 1 aromatic heterocycles. The van der Waals surface area contributed by atoms with E-state index in [9.17, 15) is 23.3 Å². The molecule has 0 atom stereocenters. The molecule has 124 valence electrons. The Bertz CT molecular complexity index is 940. The molecule has 0 fully saturated rings. The van der Waals surface area contributed by atoms with Crippen LogP contribution in [0.3, 0.4) is 0 Å². The lowest BCUT2D eigenvalue weighted by Crippen LogP contribution is -2.05. The van der Waals surface area contributed by atoms with Crippen LogP contribution >= 0.6 is 22.9 Å². The van der Waals surface area contributed by atoms with Gasteiger partial charge in [-0.1, -0.05) is 29.0 Å². The number of nitrogens with zero attached hydrogens (tertiary/aromatic N) is 1. The molecule has 0 radical (unpaired) electrons. The molecule has 3 rings (SSSR count). The Morgan fingerprint density at radius 2 is 1.92 bits per heavy atom. The number of rotatable bonds is 3. The van der Waals surface area contributed by atoms with Crippen LogP contribution in [0.25, 0.3) is 10.1 Å². The summed E-state index contributed by atoms with van der Waals surface area (Å²) >= 11 is 6.85. The third-order valence-electron chi connectivity index (χ3n) is 3.26. The zero-order chi connectivity index (χ0) is 17.5. The summed E-state index contributed by atoms with van der Waals surface area (Å²) in [4.78, 5) is 10.7. The second kappa shape index (κ2) is 5.95. The minimum atomic E-state index is -4.50. The van der Waals surface area contributed by atoms with Crippen LogP contribution < -0.4 is 5.32 Å². The number of halogens is 4. The molecule has 0 saturated carbocycles. The number of thiophene rings is 1. The molecule has 0 aliphatic heterocycles. The SMILES string of the molecule is O=[N+]([O-])c1sc2ccc(Cl)cc2c1Nc1cccc(C(F)(F)F)c1. The van der Waals surface area contributed by atoms with E-state index in [0.717, 1.165) is 23.5 Å². The van der Waals surface area contributed by atoms with E-state index in [1.54, 1.807) is 12.1 Å². The molecule has 4 nitrogen and oxygen atoms in total. The Kier molecular flexibility index (Phi) is 4.10. The van der Waals surface area contributed by atoms with Gasteiger partial charge in [-0.05, 0) is 36.4 Å². The molecule has 1 N–H and O–H groups in total. The maximum absolute atomic E-state index is 12.8. The van der Waals surface area contributed by atoms with Crippen LogP contribution in [0.5, 0.6) is 0 Å². The third kappa shape index (κ3) is 3.15. The van der Waals surface area contributed by atoms with Crippen LogP contribution in [-0.4, -0.2) is 4.92 Å². The zero-order valence-corrected chi connectivity index (χ0v) is 13.3. The summed E-state index contributed by atoms with van der Waals surface area (Å²) in [5.41, 5.74) is -0.609. The monoisotopic (exact) mass is 372 g/mol. The van der Waals surface area contributed by atoms with Crippen molar-refractivity contribution in [3.8, 4) is 0 Å². The van der Waals surface area contributed by atoms with Gasteiger partial charge in [0.2, 0.25) is 0 Å². The van der Waals surface area contributed by atoms with Gasteiger partial charge in [-0.25, -0.2) is 0 Å². The second-order valence-corrected chi connectivity index (χ2v) is 6.35. The molecule has 0 saturated heterocycles. The van der Waals surface area contributed by atoms with Gasteiger partial charge < -0.3 is 5.32 Å². The molecular weight excluding hydrogens is 365 g/mol. The van der Waals surface area contributed by atoms with Crippen molar-refractivity contribution in [1.82, 2.24) is 0 Å². The predicted octanol–water partition coefficient (Wildman–Crippen LogP) is 6.23. The number of nitro groups is 1. The van der Waals surface area contributed by atoms with Crippen molar-refractivity contribution >= 4 is 49.4 Å². The lowest BCUT2D eigenvalue weighted by Gasteiger charge is -2.10. The van der Waals surface area contributed by atoms with Gasteiger partial charge in [0.05, 0.1) is 10.5 Å². The van der Waals surface area contributed by atoms with Crippen molar-refractivity contribution in [3.05, 3.63) is 63.2 Å². The Labute approximate surface area is 142 Å². The van der Waals surface area contributed by atoms with Gasteiger partial charge in [0.25, 0.3) is 0 Å². The highest BCUT2D eigenvalue weighted by Gasteiger charge is 2.30. The number of hydrogen-bond donors (Lipinski definition) is 1. The van der Waals surface area contributed by atoms with E-state index in [2.05, 4.69) is 5.32 Å². The first-order chi connectivity index (χ1) is 11.3. The van der Waals surface area contributed by atoms with Crippen LogP contribution in [0.2, 0.25) is 5.02 Å². The highest BCUT2D eigenvalue weighted by atomic mass is 35.5. The third-order valence-corrected chi connectivity index (χ3v) is 4.61. The van der Waals surface area contributed by atoms with Gasteiger partial charge in [0.1, 0.15) is 5.69 Å². The molecule has 0 spiro atoms. The maximum Gasteiger partial charge on any atom is 0.416 e. The molecule has 3 aromatic rings. The van der Waals surface area contributed by atoms with E-state index in [0.29, 0.717) is 15.1 Å². The zero-order valence-electron chi connectivity index (χ0n) is 11.7. The predicted molar refractivity (Wildman–Crippen MR) is 88.2 cm³/mol. The van der Waals surface area contributed by atoms with Crippen molar-refractivity contribution in [3.63, 3.8) is 0 Å². The van der Waals surface area contributed by atoms with Crippen molar-refractivity contribution in [2.45, 2.75) is 6.18 Å². The van der Waals surface area contributed by atoms with E-state index in [4.69, 9.17) is 11.6 Å². The summed E-state index contributed by atoms with van der Waals surface area (Å²) in [5, 5.41) is 14.7. The Balaban J connectivity index is 2.11. The molecule has 9 heteroatoms. The van der Waals surface area contributed by atoms with Crippen LogP contribution in [-0.2, 0) is 6.18 Å². The molecule has 1 heterocycles. The first-order valence-corrected chi connectivity index (χ1v) is 7.76. The van der Waals surface area contributed by atoms with E-state index in [1.165, 1.54) is 18.2 Å². The van der Waals surface area contributed by atoms with Crippen molar-refractivity contribution < 1.29 is 18.1 Å². The molecule has 0 unspecified atom stereocenters. The van der Waals surface area contributed by atoms with Gasteiger partial charge in [0, 0.05) is 20.8 Å². The number of nitrogens with one attached hydrogen (secondary N) is 1. The van der Waals surface area contributed by atoms with Crippen molar-refractivity contribution in [1.29, 1.82) is 0 Å². The van der Waals surface area contributed by atoms with E-state index in [-0.39, 0.29) is 16.4 Å². The maximum atomic E-state index is 12.8. The van der Waals surface area contributed by atoms with E-state index in [1.807, 2.05) is 0 Å². The summed E-state index contributed by atoms with van der Waals surface area (Å²) in [6, 6.07) is 9.24. The molecule has 0 aliphatic rings. The smallest absolute Gasteiger partial charge is 0.349 e. The van der Waals surface area contributed by atoms with Crippen LogP contribution in [0.15, 0.2) is 42.5 Å². The molecule has 0 bridgehead atoms. The summed E-state index contributed by atoms with van der Waals surface area (Å²) in [7, 11) is 0. The van der Waals surface area contributed by atoms with Gasteiger partial charge in [0.15, 0.2) is 0 Å². The average molecular weight is 373 g/mol. The highest BCUT2D eigenvalue weighted by Crippen LogP contribution is 2.44. The van der Waals surface area contributed by atoms with Gasteiger partial charge in [-0.15, -0.1) is 0 Å². The number of alkyl halides is 3. The Morgan fingerprint density at radius 3 is 2.58 bits per heavy atom. The fourth-order valence-corrected chi connectivity index (χ4v) is 3.35. The topological polar surface area (TPSA) is 55.2 Å². The van der Waals surface area contributed by atoms with Crippen molar-refractivity contribution in [2.75, 3.05) is 5.32 Å². The highest BCUT2D eigenvalue weighted by molar-refractivity contribution is 7.23. The molecular formula is C15H8ClF3N2O2S. The van der Waals surface area contributed by atoms with E-state index >= 15 is 0 Å². The first kappa shape index (κ1) is 16.5. The van der Waals surface area contributed by atoms with Gasteiger partial charge >= 0.3 is 11.2 Å². The number of benzene rings is 2. The summed E-state index contributed by atoms with van der Waals surface area (Å²) in [6.07, 6.45) is -4.50. The molecule has 24 heavy (non-hydrogen) atoms. The lowest BCUT2D eigenvalue weighted by atomic mass is 10.2. The number of anilines is 2. The van der Waals surface area contributed by atoms with Gasteiger partial charge in [-0.2, -0.15) is 13.2 Å². The fourth-order valence-electron chi connectivity index (χ4n) is 2.22. The van der Waals surface area contributed by atoms with Gasteiger partial charge in [-0.3, -0.25) is 10.1 Å². The molecule has 2 aromatic carbocycles. The van der Waals surface area contributed by atoms with Crippen LogP contribution in [0.1, 0.15) is 5.56 Å². The van der Waals surface area contributed by atoms with Crippen LogP contribution in [0.4, 0.5) is 29.5 Å². The minimum Gasteiger partial charge on any atom is -0.349 e.